The highest BCUT2D eigenvalue weighted by atomic mass is 16.3. The van der Waals surface area contributed by atoms with E-state index in [0.717, 1.165) is 12.1 Å². The number of nitrogens with one attached hydrogen (secondary N) is 1. The first-order valence-corrected chi connectivity index (χ1v) is 5.51. The fourth-order valence-corrected chi connectivity index (χ4v) is 1.65. The molecule has 0 spiro atoms. The number of rotatable bonds is 4. The zero-order valence-electron chi connectivity index (χ0n) is 10.0. The Kier molecular flexibility index (Phi) is 3.89. The van der Waals surface area contributed by atoms with Gasteiger partial charge < -0.3 is 10.4 Å². The van der Waals surface area contributed by atoms with Gasteiger partial charge in [-0.2, -0.15) is 0 Å². The van der Waals surface area contributed by atoms with Crippen LogP contribution in [0.25, 0.3) is 0 Å². The van der Waals surface area contributed by atoms with Gasteiger partial charge in [0, 0.05) is 6.04 Å². The molecule has 0 fully saturated rings. The molecule has 0 amide bonds. The Labute approximate surface area is 92.3 Å². The van der Waals surface area contributed by atoms with Crippen LogP contribution < -0.4 is 5.32 Å². The van der Waals surface area contributed by atoms with Gasteiger partial charge in [0.25, 0.3) is 0 Å². The van der Waals surface area contributed by atoms with E-state index in [0.29, 0.717) is 0 Å². The maximum Gasteiger partial charge on any atom is 0.102 e. The summed E-state index contributed by atoms with van der Waals surface area (Å²) in [5.74, 6) is 0. The van der Waals surface area contributed by atoms with E-state index in [-0.39, 0.29) is 6.04 Å². The summed E-state index contributed by atoms with van der Waals surface area (Å²) in [6.45, 7) is 8.81. The van der Waals surface area contributed by atoms with E-state index >= 15 is 0 Å². The Morgan fingerprint density at radius 2 is 1.87 bits per heavy atom. The molecule has 2 nitrogen and oxygen atoms in total. The highest BCUT2D eigenvalue weighted by Crippen LogP contribution is 2.24. The van der Waals surface area contributed by atoms with Crippen molar-refractivity contribution in [3.8, 4) is 0 Å². The average molecular weight is 207 g/mol. The first-order valence-electron chi connectivity index (χ1n) is 5.51. The lowest BCUT2D eigenvalue weighted by molar-refractivity contribution is 0.0221. The summed E-state index contributed by atoms with van der Waals surface area (Å²) >= 11 is 0. The van der Waals surface area contributed by atoms with Crippen molar-refractivity contribution >= 4 is 0 Å². The minimum absolute atomic E-state index is 0.0465. The predicted molar refractivity (Wildman–Crippen MR) is 63.9 cm³/mol. The predicted octanol–water partition coefficient (Wildman–Crippen LogP) is 2.20. The van der Waals surface area contributed by atoms with E-state index in [9.17, 15) is 5.11 Å². The zero-order chi connectivity index (χ0) is 11.5. The van der Waals surface area contributed by atoms with Gasteiger partial charge in [-0.1, -0.05) is 36.8 Å². The van der Waals surface area contributed by atoms with Crippen LogP contribution in [0.1, 0.15) is 31.9 Å². The largest absolute Gasteiger partial charge is 0.384 e. The smallest absolute Gasteiger partial charge is 0.102 e. The van der Waals surface area contributed by atoms with Gasteiger partial charge in [0.05, 0.1) is 0 Å². The molecule has 0 bridgehead atoms. The highest BCUT2D eigenvalue weighted by molar-refractivity contribution is 5.27. The topological polar surface area (TPSA) is 32.3 Å². The lowest BCUT2D eigenvalue weighted by Crippen LogP contribution is -2.44. The molecule has 0 aromatic heterocycles. The summed E-state index contributed by atoms with van der Waals surface area (Å²) in [4.78, 5) is 0. The van der Waals surface area contributed by atoms with Crippen molar-refractivity contribution in [1.29, 1.82) is 0 Å². The van der Waals surface area contributed by atoms with E-state index in [1.807, 2.05) is 52.0 Å². The molecule has 2 atom stereocenters. The van der Waals surface area contributed by atoms with Crippen molar-refractivity contribution in [1.82, 2.24) is 5.32 Å². The molecular formula is C13H21NO. The van der Waals surface area contributed by atoms with Crippen molar-refractivity contribution in [2.75, 3.05) is 6.54 Å². The third-order valence-electron chi connectivity index (χ3n) is 2.99. The Hall–Kier alpha value is -0.860. The minimum atomic E-state index is -0.816. The van der Waals surface area contributed by atoms with E-state index in [4.69, 9.17) is 0 Å². The standard InChI is InChI=1S/C13H21NO/c1-5-14-11(3)13(4,15)12-8-6-10(2)7-9-12/h6-9,11,14-15H,5H2,1-4H3. The molecule has 15 heavy (non-hydrogen) atoms. The van der Waals surface area contributed by atoms with Crippen molar-refractivity contribution in [3.05, 3.63) is 35.4 Å². The molecule has 1 rings (SSSR count). The maximum absolute atomic E-state index is 10.4. The van der Waals surface area contributed by atoms with Crippen LogP contribution in [0, 0.1) is 6.92 Å². The zero-order valence-corrected chi connectivity index (χ0v) is 10.0. The second-order valence-electron chi connectivity index (χ2n) is 4.29. The van der Waals surface area contributed by atoms with Crippen LogP contribution in [0.3, 0.4) is 0 Å². The Balaban J connectivity index is 2.89. The number of likely N-dealkylation sites (N-methyl/N-ethyl adjacent to an activating group) is 1. The molecule has 84 valence electrons. The van der Waals surface area contributed by atoms with Gasteiger partial charge in [0.15, 0.2) is 0 Å². The molecular weight excluding hydrogens is 186 g/mol. The summed E-state index contributed by atoms with van der Waals surface area (Å²) in [5.41, 5.74) is 1.36. The van der Waals surface area contributed by atoms with Crippen LogP contribution in [0.5, 0.6) is 0 Å². The van der Waals surface area contributed by atoms with Gasteiger partial charge in [-0.3, -0.25) is 0 Å². The second kappa shape index (κ2) is 4.77. The van der Waals surface area contributed by atoms with Gasteiger partial charge in [0.1, 0.15) is 5.60 Å². The summed E-state index contributed by atoms with van der Waals surface area (Å²) in [6.07, 6.45) is 0. The maximum atomic E-state index is 10.4. The van der Waals surface area contributed by atoms with E-state index in [1.165, 1.54) is 5.56 Å². The lowest BCUT2D eigenvalue weighted by atomic mass is 9.88. The number of aryl methyl sites for hydroxylation is 1. The molecule has 0 saturated carbocycles. The second-order valence-corrected chi connectivity index (χ2v) is 4.29. The monoisotopic (exact) mass is 207 g/mol. The average Bonchev–Trinajstić information content (AvgIpc) is 2.18. The quantitative estimate of drug-likeness (QED) is 0.793. The number of aliphatic hydroxyl groups is 1. The Bertz CT molecular complexity index is 303. The van der Waals surface area contributed by atoms with Gasteiger partial charge in [-0.15, -0.1) is 0 Å². The highest BCUT2D eigenvalue weighted by Gasteiger charge is 2.29. The summed E-state index contributed by atoms with van der Waals surface area (Å²) in [7, 11) is 0. The molecule has 2 N–H and O–H groups in total. The summed E-state index contributed by atoms with van der Waals surface area (Å²) < 4.78 is 0. The van der Waals surface area contributed by atoms with Crippen LogP contribution in [0.4, 0.5) is 0 Å². The molecule has 0 aliphatic heterocycles. The van der Waals surface area contributed by atoms with Gasteiger partial charge >= 0.3 is 0 Å². The molecule has 1 aromatic carbocycles. The van der Waals surface area contributed by atoms with Gasteiger partial charge in [-0.05, 0) is 32.9 Å². The van der Waals surface area contributed by atoms with E-state index < -0.39 is 5.60 Å². The minimum Gasteiger partial charge on any atom is -0.384 e. The molecule has 0 aliphatic carbocycles. The van der Waals surface area contributed by atoms with E-state index in [2.05, 4.69) is 5.32 Å². The van der Waals surface area contributed by atoms with Crippen molar-refractivity contribution in [2.24, 2.45) is 0 Å². The third kappa shape index (κ3) is 2.80. The van der Waals surface area contributed by atoms with Gasteiger partial charge in [0.2, 0.25) is 0 Å². The fraction of sp³-hybridized carbons (Fsp3) is 0.538. The Morgan fingerprint density at radius 3 is 2.33 bits per heavy atom. The van der Waals surface area contributed by atoms with Crippen LogP contribution in [-0.4, -0.2) is 17.7 Å². The molecule has 0 heterocycles. The van der Waals surface area contributed by atoms with Crippen LogP contribution in [0.2, 0.25) is 0 Å². The SMILES string of the molecule is CCNC(C)C(C)(O)c1ccc(C)cc1. The molecule has 0 saturated heterocycles. The van der Waals surface area contributed by atoms with Crippen molar-refractivity contribution < 1.29 is 5.11 Å². The van der Waals surface area contributed by atoms with Crippen LogP contribution in [0.15, 0.2) is 24.3 Å². The number of benzene rings is 1. The van der Waals surface area contributed by atoms with Crippen molar-refractivity contribution in [3.63, 3.8) is 0 Å². The Morgan fingerprint density at radius 1 is 1.33 bits per heavy atom. The van der Waals surface area contributed by atoms with E-state index in [1.54, 1.807) is 0 Å². The third-order valence-corrected chi connectivity index (χ3v) is 2.99. The number of hydrogen-bond acceptors (Lipinski definition) is 2. The number of hydrogen-bond donors (Lipinski definition) is 2. The summed E-state index contributed by atoms with van der Waals surface area (Å²) in [6, 6.07) is 8.09. The van der Waals surface area contributed by atoms with Gasteiger partial charge in [-0.25, -0.2) is 0 Å². The van der Waals surface area contributed by atoms with Crippen LogP contribution in [-0.2, 0) is 5.60 Å². The fourth-order valence-electron chi connectivity index (χ4n) is 1.65. The van der Waals surface area contributed by atoms with Crippen molar-refractivity contribution in [2.45, 2.75) is 39.3 Å². The normalized spacial score (nSPS) is 17.1. The van der Waals surface area contributed by atoms with Crippen LogP contribution >= 0.6 is 0 Å². The first kappa shape index (κ1) is 12.2. The molecule has 0 radical (unpaired) electrons. The first-order chi connectivity index (χ1) is 6.98. The molecule has 0 aliphatic rings. The molecule has 2 unspecified atom stereocenters. The molecule has 1 aromatic rings. The molecule has 2 heteroatoms. The lowest BCUT2D eigenvalue weighted by Gasteiger charge is -2.31. The summed E-state index contributed by atoms with van der Waals surface area (Å²) in [5, 5.41) is 13.7.